The van der Waals surface area contributed by atoms with Gasteiger partial charge in [-0.25, -0.2) is 9.97 Å². The fourth-order valence-corrected chi connectivity index (χ4v) is 2.43. The van der Waals surface area contributed by atoms with Crippen LogP contribution in [0.25, 0.3) is 0 Å². The van der Waals surface area contributed by atoms with Crippen molar-refractivity contribution in [2.24, 2.45) is 5.73 Å². The first-order valence-electron chi connectivity index (χ1n) is 6.90. The normalized spacial score (nSPS) is 21.3. The van der Waals surface area contributed by atoms with Gasteiger partial charge in [-0.05, 0) is 31.7 Å². The standard InChI is InChI=1S/C13H17F3N4/c14-13(15,16)11-7-10(8-1-2-8)18-12(19-11)20-5-3-9(17)4-6-20/h7-9H,1-6,17H2. The van der Waals surface area contributed by atoms with Crippen molar-refractivity contribution in [3.8, 4) is 0 Å². The average Bonchev–Trinajstić information content (AvgIpc) is 3.22. The van der Waals surface area contributed by atoms with Crippen molar-refractivity contribution in [1.29, 1.82) is 0 Å². The van der Waals surface area contributed by atoms with Gasteiger partial charge in [-0.15, -0.1) is 0 Å². The summed E-state index contributed by atoms with van der Waals surface area (Å²) in [5.41, 5.74) is 5.51. The Hall–Kier alpha value is -1.37. The molecule has 1 aliphatic heterocycles. The number of nitrogens with zero attached hydrogens (tertiary/aromatic N) is 3. The van der Waals surface area contributed by atoms with E-state index in [1.165, 1.54) is 0 Å². The molecular formula is C13H17F3N4. The van der Waals surface area contributed by atoms with Gasteiger partial charge in [0.15, 0.2) is 0 Å². The number of halogens is 3. The minimum atomic E-state index is -4.42. The Morgan fingerprint density at radius 1 is 1.10 bits per heavy atom. The Morgan fingerprint density at radius 3 is 2.30 bits per heavy atom. The van der Waals surface area contributed by atoms with E-state index < -0.39 is 11.9 Å². The molecule has 1 aromatic rings. The molecule has 20 heavy (non-hydrogen) atoms. The topological polar surface area (TPSA) is 55.0 Å². The van der Waals surface area contributed by atoms with Crippen molar-refractivity contribution in [3.63, 3.8) is 0 Å². The Balaban J connectivity index is 1.91. The number of aromatic nitrogens is 2. The first-order valence-corrected chi connectivity index (χ1v) is 6.90. The first kappa shape index (κ1) is 13.6. The highest BCUT2D eigenvalue weighted by Gasteiger charge is 2.36. The molecule has 1 aliphatic carbocycles. The number of rotatable bonds is 2. The fourth-order valence-electron chi connectivity index (χ4n) is 2.43. The van der Waals surface area contributed by atoms with E-state index in [0.29, 0.717) is 18.8 Å². The third-order valence-corrected chi connectivity index (χ3v) is 3.84. The molecule has 4 nitrogen and oxygen atoms in total. The maximum atomic E-state index is 12.9. The Morgan fingerprint density at radius 2 is 1.75 bits per heavy atom. The highest BCUT2D eigenvalue weighted by molar-refractivity contribution is 5.36. The largest absolute Gasteiger partial charge is 0.433 e. The van der Waals surface area contributed by atoms with E-state index in [4.69, 9.17) is 5.73 Å². The molecule has 0 radical (unpaired) electrons. The van der Waals surface area contributed by atoms with Gasteiger partial charge in [-0.3, -0.25) is 0 Å². The number of piperidine rings is 1. The van der Waals surface area contributed by atoms with Crippen molar-refractivity contribution in [3.05, 3.63) is 17.5 Å². The summed E-state index contributed by atoms with van der Waals surface area (Å²) in [6.07, 6.45) is -1.07. The lowest BCUT2D eigenvalue weighted by molar-refractivity contribution is -0.141. The lowest BCUT2D eigenvalue weighted by Crippen LogP contribution is -2.40. The predicted molar refractivity (Wildman–Crippen MR) is 68.4 cm³/mol. The zero-order chi connectivity index (χ0) is 14.3. The predicted octanol–water partition coefficient (Wildman–Crippen LogP) is 2.30. The van der Waals surface area contributed by atoms with Crippen LogP contribution in [0.1, 0.15) is 43.0 Å². The van der Waals surface area contributed by atoms with Crippen LogP contribution >= 0.6 is 0 Å². The highest BCUT2D eigenvalue weighted by Crippen LogP contribution is 2.41. The van der Waals surface area contributed by atoms with E-state index in [1.807, 2.05) is 4.90 Å². The third kappa shape index (κ3) is 2.87. The summed E-state index contributed by atoms with van der Waals surface area (Å²) in [5, 5.41) is 0. The Kier molecular flexibility index (Phi) is 3.32. The van der Waals surface area contributed by atoms with E-state index in [1.54, 1.807) is 0 Å². The lowest BCUT2D eigenvalue weighted by atomic mass is 10.1. The molecule has 0 unspecified atom stereocenters. The second-order valence-electron chi connectivity index (χ2n) is 5.57. The van der Waals surface area contributed by atoms with Crippen LogP contribution < -0.4 is 10.6 Å². The second-order valence-corrected chi connectivity index (χ2v) is 5.57. The molecule has 110 valence electrons. The van der Waals surface area contributed by atoms with Crippen LogP contribution in [0.2, 0.25) is 0 Å². The maximum Gasteiger partial charge on any atom is 0.433 e. The van der Waals surface area contributed by atoms with Crippen LogP contribution in [0.15, 0.2) is 6.07 Å². The fraction of sp³-hybridized carbons (Fsp3) is 0.692. The molecule has 0 bridgehead atoms. The van der Waals surface area contributed by atoms with Gasteiger partial charge in [-0.2, -0.15) is 13.2 Å². The summed E-state index contributed by atoms with van der Waals surface area (Å²) < 4.78 is 38.8. The number of anilines is 1. The van der Waals surface area contributed by atoms with E-state index in [-0.39, 0.29) is 17.9 Å². The summed E-state index contributed by atoms with van der Waals surface area (Å²) in [5.74, 6) is 0.374. The maximum absolute atomic E-state index is 12.9. The van der Waals surface area contributed by atoms with Crippen LogP contribution in [-0.4, -0.2) is 29.1 Å². The van der Waals surface area contributed by atoms with Crippen LogP contribution in [0.5, 0.6) is 0 Å². The molecule has 0 spiro atoms. The van der Waals surface area contributed by atoms with E-state index in [9.17, 15) is 13.2 Å². The molecule has 2 aliphatic rings. The van der Waals surface area contributed by atoms with Gasteiger partial charge >= 0.3 is 6.18 Å². The van der Waals surface area contributed by atoms with Crippen molar-refractivity contribution < 1.29 is 13.2 Å². The minimum absolute atomic E-state index is 0.125. The van der Waals surface area contributed by atoms with Crippen molar-refractivity contribution in [1.82, 2.24) is 9.97 Å². The third-order valence-electron chi connectivity index (χ3n) is 3.84. The zero-order valence-electron chi connectivity index (χ0n) is 11.0. The highest BCUT2D eigenvalue weighted by atomic mass is 19.4. The van der Waals surface area contributed by atoms with Crippen molar-refractivity contribution in [2.75, 3.05) is 18.0 Å². The van der Waals surface area contributed by atoms with Gasteiger partial charge < -0.3 is 10.6 Å². The summed E-state index contributed by atoms with van der Waals surface area (Å²) in [6.45, 7) is 1.24. The summed E-state index contributed by atoms with van der Waals surface area (Å²) in [4.78, 5) is 9.85. The number of hydrogen-bond donors (Lipinski definition) is 1. The number of nitrogens with two attached hydrogens (primary N) is 1. The molecule has 2 N–H and O–H groups in total. The van der Waals surface area contributed by atoms with Crippen molar-refractivity contribution >= 4 is 5.95 Å². The van der Waals surface area contributed by atoms with Gasteiger partial charge in [0.05, 0.1) is 0 Å². The van der Waals surface area contributed by atoms with Crippen molar-refractivity contribution in [2.45, 2.75) is 43.8 Å². The summed E-state index contributed by atoms with van der Waals surface area (Å²) in [6, 6.07) is 1.22. The molecule has 1 saturated heterocycles. The van der Waals surface area contributed by atoms with Crippen LogP contribution in [0.4, 0.5) is 19.1 Å². The van der Waals surface area contributed by atoms with E-state index in [2.05, 4.69) is 9.97 Å². The Labute approximate surface area is 115 Å². The van der Waals surface area contributed by atoms with Crippen LogP contribution in [0.3, 0.4) is 0 Å². The molecule has 2 fully saturated rings. The molecule has 0 aromatic carbocycles. The first-order chi connectivity index (χ1) is 9.43. The minimum Gasteiger partial charge on any atom is -0.341 e. The van der Waals surface area contributed by atoms with Gasteiger partial charge in [-0.1, -0.05) is 0 Å². The smallest absolute Gasteiger partial charge is 0.341 e. The monoisotopic (exact) mass is 286 g/mol. The van der Waals surface area contributed by atoms with Gasteiger partial charge in [0.25, 0.3) is 0 Å². The zero-order valence-corrected chi connectivity index (χ0v) is 11.0. The molecule has 1 saturated carbocycles. The van der Waals surface area contributed by atoms with Gasteiger partial charge in [0, 0.05) is 30.7 Å². The quantitative estimate of drug-likeness (QED) is 0.906. The SMILES string of the molecule is NC1CCN(c2nc(C3CC3)cc(C(F)(F)F)n2)CC1. The summed E-state index contributed by atoms with van der Waals surface area (Å²) in [7, 11) is 0. The molecule has 7 heteroatoms. The molecule has 0 amide bonds. The Bertz CT molecular complexity index is 491. The molecule has 2 heterocycles. The number of hydrogen-bond acceptors (Lipinski definition) is 4. The van der Waals surface area contributed by atoms with Crippen LogP contribution in [-0.2, 0) is 6.18 Å². The van der Waals surface area contributed by atoms with Gasteiger partial charge in [0.1, 0.15) is 5.69 Å². The van der Waals surface area contributed by atoms with E-state index >= 15 is 0 Å². The molecule has 0 atom stereocenters. The number of alkyl halides is 3. The molecule has 3 rings (SSSR count). The molecular weight excluding hydrogens is 269 g/mol. The van der Waals surface area contributed by atoms with Crippen LogP contribution in [0, 0.1) is 0 Å². The lowest BCUT2D eigenvalue weighted by Gasteiger charge is -2.30. The molecule has 1 aromatic heterocycles. The van der Waals surface area contributed by atoms with Gasteiger partial charge in [0.2, 0.25) is 5.95 Å². The van der Waals surface area contributed by atoms with E-state index in [0.717, 1.165) is 31.7 Å². The average molecular weight is 286 g/mol. The summed E-state index contributed by atoms with van der Waals surface area (Å²) >= 11 is 0. The second kappa shape index (κ2) is 4.87.